The first-order valence-electron chi connectivity index (χ1n) is 13.7. The Kier molecular flexibility index (Phi) is 8.09. The van der Waals surface area contributed by atoms with Gasteiger partial charge in [0.2, 0.25) is 0 Å². The molecular formula is C32H32ClN3O5. The van der Waals surface area contributed by atoms with Gasteiger partial charge in [-0.25, -0.2) is 4.79 Å². The van der Waals surface area contributed by atoms with Crippen molar-refractivity contribution in [3.63, 3.8) is 0 Å². The van der Waals surface area contributed by atoms with Gasteiger partial charge in [-0.3, -0.25) is 4.79 Å². The Morgan fingerprint density at radius 3 is 2.49 bits per heavy atom. The lowest BCUT2D eigenvalue weighted by atomic mass is 9.97. The van der Waals surface area contributed by atoms with Crippen LogP contribution < -0.4 is 5.32 Å². The zero-order chi connectivity index (χ0) is 29.1. The summed E-state index contributed by atoms with van der Waals surface area (Å²) in [4.78, 5) is 26.8. The number of piperidine rings is 1. The average molecular weight is 574 g/mol. The Balaban J connectivity index is 1.19. The number of carbonyl (C=O) groups is 2. The zero-order valence-corrected chi connectivity index (χ0v) is 24.1. The number of fused-ring (bicyclic) bond motifs is 1. The van der Waals surface area contributed by atoms with Crippen LogP contribution in [0.4, 0.5) is 4.79 Å². The van der Waals surface area contributed by atoms with E-state index in [1.165, 1.54) is 0 Å². The number of ether oxygens (including phenoxy) is 1. The molecule has 0 radical (unpaired) electrons. The van der Waals surface area contributed by atoms with Crippen LogP contribution in [-0.2, 0) is 11.2 Å². The van der Waals surface area contributed by atoms with E-state index in [1.807, 2.05) is 51.1 Å². The SMILES string of the molecule is CC(C)(C)OC(=O)N1CCC(CNC(=O)c2ccc(Cc3cc(Cl)cc4cc(-c5ccc(C#N)cc5)oc34)o2)CC1. The third-order valence-electron chi connectivity index (χ3n) is 7.02. The molecule has 4 aromatic rings. The van der Waals surface area contributed by atoms with Gasteiger partial charge in [-0.2, -0.15) is 5.26 Å². The van der Waals surface area contributed by atoms with Crippen LogP contribution in [0.15, 0.2) is 63.4 Å². The fourth-order valence-corrected chi connectivity index (χ4v) is 5.17. The molecule has 0 saturated carbocycles. The third kappa shape index (κ3) is 6.93. The van der Waals surface area contributed by atoms with Gasteiger partial charge in [-0.05, 0) is 94.1 Å². The van der Waals surface area contributed by atoms with Crippen molar-refractivity contribution in [1.82, 2.24) is 10.2 Å². The Morgan fingerprint density at radius 2 is 1.80 bits per heavy atom. The summed E-state index contributed by atoms with van der Waals surface area (Å²) in [5, 5.41) is 13.5. The Bertz CT molecular complexity index is 1600. The molecule has 3 heterocycles. The Labute approximate surface area is 243 Å². The van der Waals surface area contributed by atoms with Gasteiger partial charge in [-0.15, -0.1) is 0 Å². The van der Waals surface area contributed by atoms with E-state index in [1.54, 1.807) is 29.2 Å². The minimum atomic E-state index is -0.518. The van der Waals surface area contributed by atoms with Gasteiger partial charge in [0.25, 0.3) is 5.91 Å². The van der Waals surface area contributed by atoms with Gasteiger partial charge in [0.05, 0.1) is 11.6 Å². The van der Waals surface area contributed by atoms with Gasteiger partial charge >= 0.3 is 6.09 Å². The molecule has 0 aliphatic carbocycles. The van der Waals surface area contributed by atoms with Crippen LogP contribution in [-0.4, -0.2) is 42.1 Å². The highest BCUT2D eigenvalue weighted by molar-refractivity contribution is 6.31. The quantitative estimate of drug-likeness (QED) is 0.261. The van der Waals surface area contributed by atoms with Gasteiger partial charge in [0.15, 0.2) is 5.76 Å². The maximum atomic E-state index is 12.8. The summed E-state index contributed by atoms with van der Waals surface area (Å²) in [6, 6.07) is 18.4. The maximum absolute atomic E-state index is 12.8. The van der Waals surface area contributed by atoms with E-state index < -0.39 is 5.60 Å². The summed E-state index contributed by atoms with van der Waals surface area (Å²) in [6.07, 6.45) is 1.69. The molecule has 2 amide bonds. The highest BCUT2D eigenvalue weighted by Crippen LogP contribution is 2.33. The highest BCUT2D eigenvalue weighted by Gasteiger charge is 2.27. The number of hydrogen-bond donors (Lipinski definition) is 1. The van der Waals surface area contributed by atoms with Crippen LogP contribution in [0.5, 0.6) is 0 Å². The fourth-order valence-electron chi connectivity index (χ4n) is 4.92. The average Bonchev–Trinajstić information content (AvgIpc) is 3.58. The largest absolute Gasteiger partial charge is 0.456 e. The summed E-state index contributed by atoms with van der Waals surface area (Å²) in [5.41, 5.74) is 2.44. The van der Waals surface area contributed by atoms with Crippen LogP contribution in [0.25, 0.3) is 22.3 Å². The molecule has 41 heavy (non-hydrogen) atoms. The van der Waals surface area contributed by atoms with Crippen LogP contribution in [0.1, 0.15) is 61.1 Å². The second-order valence-corrected chi connectivity index (χ2v) is 11.8. The van der Waals surface area contributed by atoms with Gasteiger partial charge in [0, 0.05) is 47.6 Å². The number of rotatable bonds is 6. The van der Waals surface area contributed by atoms with Crippen molar-refractivity contribution in [2.24, 2.45) is 5.92 Å². The monoisotopic (exact) mass is 573 g/mol. The molecule has 1 saturated heterocycles. The predicted octanol–water partition coefficient (Wildman–Crippen LogP) is 7.19. The summed E-state index contributed by atoms with van der Waals surface area (Å²) >= 11 is 6.41. The lowest BCUT2D eigenvalue weighted by molar-refractivity contribution is 0.0183. The summed E-state index contributed by atoms with van der Waals surface area (Å²) in [5.74, 6) is 1.52. The molecular weight excluding hydrogens is 542 g/mol. The molecule has 0 spiro atoms. The molecule has 5 rings (SSSR count). The van der Waals surface area contributed by atoms with Crippen molar-refractivity contribution in [3.8, 4) is 17.4 Å². The lowest BCUT2D eigenvalue weighted by Crippen LogP contribution is -2.43. The number of nitriles is 1. The number of nitrogens with zero attached hydrogens (tertiary/aromatic N) is 2. The van der Waals surface area contributed by atoms with Gasteiger partial charge < -0.3 is 23.8 Å². The smallest absolute Gasteiger partial charge is 0.410 e. The summed E-state index contributed by atoms with van der Waals surface area (Å²) in [6.45, 7) is 7.29. The number of carbonyl (C=O) groups excluding carboxylic acids is 2. The van der Waals surface area contributed by atoms with E-state index in [2.05, 4.69) is 11.4 Å². The molecule has 1 N–H and O–H groups in total. The number of nitrogens with one attached hydrogen (secondary N) is 1. The molecule has 1 fully saturated rings. The van der Waals surface area contributed by atoms with E-state index in [0.29, 0.717) is 53.7 Å². The maximum Gasteiger partial charge on any atom is 0.410 e. The van der Waals surface area contributed by atoms with Gasteiger partial charge in [-0.1, -0.05) is 11.6 Å². The molecule has 1 aliphatic rings. The van der Waals surface area contributed by atoms with Crippen LogP contribution in [0.3, 0.4) is 0 Å². The molecule has 212 valence electrons. The first-order valence-corrected chi connectivity index (χ1v) is 14.0. The molecule has 0 unspecified atom stereocenters. The molecule has 2 aromatic carbocycles. The van der Waals surface area contributed by atoms with Crippen LogP contribution in [0.2, 0.25) is 5.02 Å². The van der Waals surface area contributed by atoms with Crippen molar-refractivity contribution < 1.29 is 23.2 Å². The normalized spacial score (nSPS) is 14.2. The molecule has 1 aliphatic heterocycles. The minimum Gasteiger partial charge on any atom is -0.456 e. The van der Waals surface area contributed by atoms with E-state index in [0.717, 1.165) is 29.4 Å². The number of amides is 2. The number of hydrogen-bond acceptors (Lipinski definition) is 6. The summed E-state index contributed by atoms with van der Waals surface area (Å²) in [7, 11) is 0. The number of benzene rings is 2. The molecule has 0 bridgehead atoms. The Hall–Kier alpha value is -4.22. The lowest BCUT2D eigenvalue weighted by Gasteiger charge is -2.33. The first kappa shape index (κ1) is 28.3. The fraction of sp³-hybridized carbons (Fsp3) is 0.344. The van der Waals surface area contributed by atoms with Crippen LogP contribution >= 0.6 is 11.6 Å². The topological polar surface area (TPSA) is 109 Å². The molecule has 9 heteroatoms. The third-order valence-corrected chi connectivity index (χ3v) is 7.24. The van der Waals surface area contributed by atoms with E-state index >= 15 is 0 Å². The van der Waals surface area contributed by atoms with Crippen molar-refractivity contribution in [2.45, 2.75) is 45.6 Å². The second-order valence-electron chi connectivity index (χ2n) is 11.3. The van der Waals surface area contributed by atoms with Crippen molar-refractivity contribution >= 4 is 34.6 Å². The number of furan rings is 2. The van der Waals surface area contributed by atoms with Crippen LogP contribution in [0, 0.1) is 17.2 Å². The predicted molar refractivity (Wildman–Crippen MR) is 156 cm³/mol. The van der Waals surface area contributed by atoms with Crippen molar-refractivity contribution in [1.29, 1.82) is 5.26 Å². The molecule has 8 nitrogen and oxygen atoms in total. The Morgan fingerprint density at radius 1 is 1.07 bits per heavy atom. The number of halogens is 1. The van der Waals surface area contributed by atoms with E-state index in [-0.39, 0.29) is 23.7 Å². The second kappa shape index (κ2) is 11.7. The van der Waals surface area contributed by atoms with E-state index in [4.69, 9.17) is 30.4 Å². The van der Waals surface area contributed by atoms with Crippen molar-refractivity contribution in [2.75, 3.05) is 19.6 Å². The number of likely N-dealkylation sites (tertiary alicyclic amines) is 1. The molecule has 2 aromatic heterocycles. The standard InChI is InChI=1S/C32H32ClN3O5/c1-32(2,3)41-31(38)36-12-10-21(11-13-36)19-35-30(37)27-9-8-26(39-27)16-23-14-25(33)15-24-17-28(40-29(23)24)22-6-4-20(18-34)5-7-22/h4-9,14-15,17,21H,10-13,16,19H2,1-3H3,(H,35,37). The highest BCUT2D eigenvalue weighted by atomic mass is 35.5. The first-order chi connectivity index (χ1) is 19.6. The van der Waals surface area contributed by atoms with Crippen molar-refractivity contribution in [3.05, 3.63) is 82.3 Å². The molecule has 0 atom stereocenters. The minimum absolute atomic E-state index is 0.238. The van der Waals surface area contributed by atoms with E-state index in [9.17, 15) is 9.59 Å². The van der Waals surface area contributed by atoms with Gasteiger partial charge in [0.1, 0.15) is 22.7 Å². The zero-order valence-electron chi connectivity index (χ0n) is 23.3. The summed E-state index contributed by atoms with van der Waals surface area (Å²) < 4.78 is 17.5.